The number of aromatic nitrogens is 2. The molecule has 1 aromatic carbocycles. The minimum atomic E-state index is 0.447. The van der Waals surface area contributed by atoms with Gasteiger partial charge in [-0.1, -0.05) is 20.3 Å². The zero-order chi connectivity index (χ0) is 11.5. The molecule has 0 aliphatic heterocycles. The Bertz CT molecular complexity index is 534. The van der Waals surface area contributed by atoms with Gasteiger partial charge in [0, 0.05) is 5.92 Å². The molecule has 3 heteroatoms. The highest BCUT2D eigenvalue weighted by Crippen LogP contribution is 2.21. The van der Waals surface area contributed by atoms with Crippen LogP contribution < -0.4 is 0 Å². The van der Waals surface area contributed by atoms with Crippen molar-refractivity contribution in [2.24, 2.45) is 0 Å². The van der Waals surface area contributed by atoms with E-state index in [1.807, 2.05) is 12.1 Å². The largest absolute Gasteiger partial charge is 0.342 e. The summed E-state index contributed by atoms with van der Waals surface area (Å²) in [5.41, 5.74) is 2.57. The predicted molar refractivity (Wildman–Crippen MR) is 64.1 cm³/mol. The number of benzene rings is 1. The lowest BCUT2D eigenvalue weighted by Gasteiger charge is -2.04. The molecule has 0 spiro atoms. The van der Waals surface area contributed by atoms with E-state index in [9.17, 15) is 0 Å². The lowest BCUT2D eigenvalue weighted by molar-refractivity contribution is 0.636. The summed E-state index contributed by atoms with van der Waals surface area (Å²) in [6.45, 7) is 4.35. The molecule has 0 aliphatic carbocycles. The quantitative estimate of drug-likeness (QED) is 0.850. The van der Waals surface area contributed by atoms with Crippen molar-refractivity contribution in [3.05, 3.63) is 29.6 Å². The average Bonchev–Trinajstić information content (AvgIpc) is 2.71. The SMILES string of the molecule is CCCC(C)c1nc2ccc(C#N)cc2[nH]1. The highest BCUT2D eigenvalue weighted by molar-refractivity contribution is 5.76. The number of aromatic amines is 1. The smallest absolute Gasteiger partial charge is 0.110 e. The Hall–Kier alpha value is -1.82. The maximum absolute atomic E-state index is 8.81. The zero-order valence-electron chi connectivity index (χ0n) is 9.62. The van der Waals surface area contributed by atoms with Crippen LogP contribution in [0.3, 0.4) is 0 Å². The molecule has 0 saturated carbocycles. The van der Waals surface area contributed by atoms with Crippen LogP contribution in [-0.4, -0.2) is 9.97 Å². The van der Waals surface area contributed by atoms with E-state index in [1.54, 1.807) is 6.07 Å². The number of nitrogens with one attached hydrogen (secondary N) is 1. The van der Waals surface area contributed by atoms with E-state index in [2.05, 4.69) is 29.9 Å². The second kappa shape index (κ2) is 4.36. The van der Waals surface area contributed by atoms with E-state index < -0.39 is 0 Å². The Morgan fingerprint density at radius 2 is 2.31 bits per heavy atom. The number of hydrogen-bond donors (Lipinski definition) is 1. The molecule has 0 fully saturated rings. The van der Waals surface area contributed by atoms with Crippen LogP contribution in [0.2, 0.25) is 0 Å². The Balaban J connectivity index is 2.40. The van der Waals surface area contributed by atoms with Gasteiger partial charge in [-0.2, -0.15) is 5.26 Å². The van der Waals surface area contributed by atoms with Gasteiger partial charge in [0.15, 0.2) is 0 Å². The van der Waals surface area contributed by atoms with Gasteiger partial charge in [0.05, 0.1) is 22.7 Å². The van der Waals surface area contributed by atoms with E-state index in [4.69, 9.17) is 5.26 Å². The first-order chi connectivity index (χ1) is 7.74. The summed E-state index contributed by atoms with van der Waals surface area (Å²) >= 11 is 0. The van der Waals surface area contributed by atoms with Crippen LogP contribution in [-0.2, 0) is 0 Å². The lowest BCUT2D eigenvalue weighted by atomic mass is 10.1. The number of hydrogen-bond acceptors (Lipinski definition) is 2. The minimum Gasteiger partial charge on any atom is -0.342 e. The third-order valence-corrected chi connectivity index (χ3v) is 2.82. The van der Waals surface area contributed by atoms with E-state index >= 15 is 0 Å². The van der Waals surface area contributed by atoms with Crippen LogP contribution in [0.4, 0.5) is 0 Å². The number of nitriles is 1. The summed E-state index contributed by atoms with van der Waals surface area (Å²) in [6, 6.07) is 7.69. The molecular formula is C13H15N3. The van der Waals surface area contributed by atoms with E-state index in [0.29, 0.717) is 11.5 Å². The second-order valence-corrected chi connectivity index (χ2v) is 4.16. The number of rotatable bonds is 3. The van der Waals surface area contributed by atoms with Crippen LogP contribution in [0.5, 0.6) is 0 Å². The Kier molecular flexibility index (Phi) is 2.91. The van der Waals surface area contributed by atoms with Crippen LogP contribution in [0, 0.1) is 11.3 Å². The van der Waals surface area contributed by atoms with Crippen molar-refractivity contribution >= 4 is 11.0 Å². The molecule has 0 saturated heterocycles. The standard InChI is InChI=1S/C13H15N3/c1-3-4-9(2)13-15-11-6-5-10(8-14)7-12(11)16-13/h5-7,9H,3-4H2,1-2H3,(H,15,16). The first kappa shape index (κ1) is 10.7. The first-order valence-electron chi connectivity index (χ1n) is 5.64. The topological polar surface area (TPSA) is 52.5 Å². The van der Waals surface area contributed by atoms with Crippen molar-refractivity contribution < 1.29 is 0 Å². The lowest BCUT2D eigenvalue weighted by Crippen LogP contribution is -1.94. The molecule has 2 aromatic rings. The molecule has 0 aliphatic rings. The molecule has 82 valence electrons. The molecular weight excluding hydrogens is 198 g/mol. The summed E-state index contributed by atoms with van der Waals surface area (Å²) in [6.07, 6.45) is 2.28. The molecule has 1 atom stereocenters. The third-order valence-electron chi connectivity index (χ3n) is 2.82. The zero-order valence-corrected chi connectivity index (χ0v) is 9.62. The Morgan fingerprint density at radius 3 is 3.00 bits per heavy atom. The molecule has 1 N–H and O–H groups in total. The summed E-state index contributed by atoms with van der Waals surface area (Å²) in [7, 11) is 0. The van der Waals surface area contributed by atoms with Gasteiger partial charge in [-0.25, -0.2) is 4.98 Å². The molecule has 2 rings (SSSR count). The summed E-state index contributed by atoms with van der Waals surface area (Å²) in [4.78, 5) is 7.83. The Morgan fingerprint density at radius 1 is 1.50 bits per heavy atom. The van der Waals surface area contributed by atoms with Crippen LogP contribution >= 0.6 is 0 Å². The fourth-order valence-electron chi connectivity index (χ4n) is 1.90. The monoisotopic (exact) mass is 213 g/mol. The number of imidazole rings is 1. The van der Waals surface area contributed by atoms with Gasteiger partial charge in [-0.3, -0.25) is 0 Å². The van der Waals surface area contributed by atoms with E-state index in [0.717, 1.165) is 29.7 Å². The molecule has 1 aromatic heterocycles. The van der Waals surface area contributed by atoms with E-state index in [1.165, 1.54) is 0 Å². The van der Waals surface area contributed by atoms with E-state index in [-0.39, 0.29) is 0 Å². The molecule has 0 amide bonds. The van der Waals surface area contributed by atoms with Crippen molar-refractivity contribution in [3.8, 4) is 6.07 Å². The van der Waals surface area contributed by atoms with Gasteiger partial charge in [0.25, 0.3) is 0 Å². The molecule has 1 heterocycles. The molecule has 0 radical (unpaired) electrons. The van der Waals surface area contributed by atoms with Crippen molar-refractivity contribution in [1.82, 2.24) is 9.97 Å². The van der Waals surface area contributed by atoms with Gasteiger partial charge in [-0.05, 0) is 24.6 Å². The van der Waals surface area contributed by atoms with Gasteiger partial charge >= 0.3 is 0 Å². The van der Waals surface area contributed by atoms with Crippen molar-refractivity contribution in [2.75, 3.05) is 0 Å². The van der Waals surface area contributed by atoms with Crippen molar-refractivity contribution in [1.29, 1.82) is 5.26 Å². The highest BCUT2D eigenvalue weighted by Gasteiger charge is 2.09. The van der Waals surface area contributed by atoms with Crippen LogP contribution in [0.15, 0.2) is 18.2 Å². The number of H-pyrrole nitrogens is 1. The van der Waals surface area contributed by atoms with Crippen LogP contribution in [0.25, 0.3) is 11.0 Å². The molecule has 3 nitrogen and oxygen atoms in total. The predicted octanol–water partition coefficient (Wildman–Crippen LogP) is 3.34. The van der Waals surface area contributed by atoms with Crippen molar-refractivity contribution in [3.63, 3.8) is 0 Å². The highest BCUT2D eigenvalue weighted by atomic mass is 14.9. The third kappa shape index (κ3) is 1.92. The maximum Gasteiger partial charge on any atom is 0.110 e. The number of fused-ring (bicyclic) bond motifs is 1. The maximum atomic E-state index is 8.81. The van der Waals surface area contributed by atoms with Gasteiger partial charge in [-0.15, -0.1) is 0 Å². The van der Waals surface area contributed by atoms with Crippen molar-refractivity contribution in [2.45, 2.75) is 32.6 Å². The average molecular weight is 213 g/mol. The molecule has 1 unspecified atom stereocenters. The Labute approximate surface area is 95.1 Å². The minimum absolute atomic E-state index is 0.447. The first-order valence-corrected chi connectivity index (χ1v) is 5.64. The second-order valence-electron chi connectivity index (χ2n) is 4.16. The van der Waals surface area contributed by atoms with Gasteiger partial charge < -0.3 is 4.98 Å². The summed E-state index contributed by atoms with van der Waals surface area (Å²) in [5.74, 6) is 1.47. The fourth-order valence-corrected chi connectivity index (χ4v) is 1.90. The van der Waals surface area contributed by atoms with Crippen LogP contribution in [0.1, 0.15) is 44.0 Å². The van der Waals surface area contributed by atoms with Gasteiger partial charge in [0.2, 0.25) is 0 Å². The fraction of sp³-hybridized carbons (Fsp3) is 0.385. The molecule has 0 bridgehead atoms. The normalized spacial score (nSPS) is 12.6. The summed E-state index contributed by atoms with van der Waals surface area (Å²) < 4.78 is 0. The molecule has 16 heavy (non-hydrogen) atoms. The van der Waals surface area contributed by atoms with Gasteiger partial charge in [0.1, 0.15) is 5.82 Å². The number of nitrogens with zero attached hydrogens (tertiary/aromatic N) is 2. The summed E-state index contributed by atoms with van der Waals surface area (Å²) in [5, 5.41) is 8.81.